The Labute approximate surface area is 129 Å². The van der Waals surface area contributed by atoms with Crippen LogP contribution in [-0.4, -0.2) is 11.7 Å². The number of aliphatic hydroxyl groups excluding tert-OH is 1. The van der Waals surface area contributed by atoms with Crippen LogP contribution in [0.3, 0.4) is 0 Å². The van der Waals surface area contributed by atoms with Crippen molar-refractivity contribution in [2.45, 2.75) is 71.1 Å². The Morgan fingerprint density at radius 1 is 1.24 bits per heavy atom. The van der Waals surface area contributed by atoms with Gasteiger partial charge in [0.15, 0.2) is 0 Å². The molecular weight excluding hydrogens is 256 g/mol. The molecule has 1 fully saturated rings. The minimum atomic E-state index is 0.0187. The Morgan fingerprint density at radius 3 is 2.67 bits per heavy atom. The van der Waals surface area contributed by atoms with Gasteiger partial charge in [-0.2, -0.15) is 0 Å². The van der Waals surface area contributed by atoms with E-state index in [1.807, 2.05) is 0 Å². The number of aliphatic hydroxyl groups is 1. The highest BCUT2D eigenvalue weighted by atomic mass is 16.3. The third kappa shape index (κ3) is 2.25. The molecule has 0 aliphatic heterocycles. The summed E-state index contributed by atoms with van der Waals surface area (Å²) >= 11 is 0. The van der Waals surface area contributed by atoms with E-state index in [4.69, 9.17) is 0 Å². The number of benzene rings is 1. The van der Waals surface area contributed by atoms with Crippen LogP contribution >= 0.6 is 0 Å². The van der Waals surface area contributed by atoms with Crippen molar-refractivity contribution in [1.82, 2.24) is 0 Å². The van der Waals surface area contributed by atoms with Crippen LogP contribution < -0.4 is 0 Å². The number of hydrogen-bond acceptors (Lipinski definition) is 1. The summed E-state index contributed by atoms with van der Waals surface area (Å²) in [6.45, 7) is 9.66. The minimum Gasteiger partial charge on any atom is -0.395 e. The number of aryl methyl sites for hydroxylation is 1. The maximum atomic E-state index is 10.3. The van der Waals surface area contributed by atoms with E-state index in [9.17, 15) is 5.11 Å². The molecule has 1 saturated carbocycles. The van der Waals surface area contributed by atoms with Gasteiger partial charge in [0.2, 0.25) is 0 Å². The van der Waals surface area contributed by atoms with Crippen molar-refractivity contribution in [2.24, 2.45) is 11.3 Å². The molecule has 0 spiro atoms. The van der Waals surface area contributed by atoms with Crippen LogP contribution in [0.4, 0.5) is 0 Å². The highest BCUT2D eigenvalue weighted by Gasteiger charge is 2.52. The van der Waals surface area contributed by atoms with Crippen molar-refractivity contribution in [3.8, 4) is 0 Å². The van der Waals surface area contributed by atoms with Crippen molar-refractivity contribution in [3.05, 3.63) is 34.9 Å². The van der Waals surface area contributed by atoms with Gasteiger partial charge < -0.3 is 5.11 Å². The molecule has 1 N–H and O–H groups in total. The molecule has 0 radical (unpaired) electrons. The van der Waals surface area contributed by atoms with Gasteiger partial charge in [0.1, 0.15) is 0 Å². The largest absolute Gasteiger partial charge is 0.395 e. The maximum Gasteiger partial charge on any atom is 0.0530 e. The van der Waals surface area contributed by atoms with Crippen LogP contribution in [0, 0.1) is 11.3 Å². The Hall–Kier alpha value is -0.820. The van der Waals surface area contributed by atoms with Crippen LogP contribution in [0.15, 0.2) is 18.2 Å². The molecule has 2 aliphatic rings. The molecule has 0 amide bonds. The summed E-state index contributed by atoms with van der Waals surface area (Å²) in [5, 5.41) is 10.3. The molecule has 0 heterocycles. The van der Waals surface area contributed by atoms with E-state index in [0.29, 0.717) is 23.9 Å². The van der Waals surface area contributed by atoms with E-state index in [1.165, 1.54) is 42.4 Å². The third-order valence-electron chi connectivity index (χ3n) is 6.37. The lowest BCUT2D eigenvalue weighted by Crippen LogP contribution is -2.51. The molecule has 2 atom stereocenters. The molecule has 0 saturated heterocycles. The first kappa shape index (κ1) is 15.1. The molecule has 0 unspecified atom stereocenters. The van der Waals surface area contributed by atoms with Crippen molar-refractivity contribution < 1.29 is 5.11 Å². The molecule has 1 aromatic carbocycles. The summed E-state index contributed by atoms with van der Waals surface area (Å²) in [6.07, 6.45) is 6.13. The van der Waals surface area contributed by atoms with Gasteiger partial charge in [0, 0.05) is 5.41 Å². The fourth-order valence-electron chi connectivity index (χ4n) is 5.18. The quantitative estimate of drug-likeness (QED) is 0.827. The van der Waals surface area contributed by atoms with Crippen molar-refractivity contribution in [3.63, 3.8) is 0 Å². The third-order valence-corrected chi connectivity index (χ3v) is 6.37. The summed E-state index contributed by atoms with van der Waals surface area (Å²) in [6, 6.07) is 7.05. The Balaban J connectivity index is 2.10. The predicted molar refractivity (Wildman–Crippen MR) is 88.7 cm³/mol. The summed E-state index contributed by atoms with van der Waals surface area (Å²) in [7, 11) is 0. The first-order chi connectivity index (χ1) is 9.90. The molecule has 2 aliphatic carbocycles. The molecule has 0 bridgehead atoms. The highest BCUT2D eigenvalue weighted by Crippen LogP contribution is 2.57. The van der Waals surface area contributed by atoms with Crippen LogP contribution in [-0.2, 0) is 11.8 Å². The van der Waals surface area contributed by atoms with Crippen molar-refractivity contribution in [2.75, 3.05) is 6.61 Å². The predicted octanol–water partition coefficient (Wildman–Crippen LogP) is 4.81. The Kier molecular flexibility index (Phi) is 3.68. The van der Waals surface area contributed by atoms with Gasteiger partial charge in [-0.1, -0.05) is 52.3 Å². The summed E-state index contributed by atoms with van der Waals surface area (Å²) in [5.74, 6) is 1.21. The second-order valence-electron chi connectivity index (χ2n) is 8.32. The van der Waals surface area contributed by atoms with Crippen molar-refractivity contribution in [1.29, 1.82) is 0 Å². The molecule has 1 aromatic rings. The number of fused-ring (bicyclic) bond motifs is 3. The van der Waals surface area contributed by atoms with Gasteiger partial charge >= 0.3 is 0 Å². The first-order valence-electron chi connectivity index (χ1n) is 8.65. The van der Waals surface area contributed by atoms with Gasteiger partial charge in [-0.25, -0.2) is 0 Å². The Morgan fingerprint density at radius 2 is 2.00 bits per heavy atom. The lowest BCUT2D eigenvalue weighted by atomic mass is 9.50. The topological polar surface area (TPSA) is 20.2 Å². The van der Waals surface area contributed by atoms with Gasteiger partial charge in [-0.15, -0.1) is 0 Å². The van der Waals surface area contributed by atoms with Gasteiger partial charge in [-0.05, 0) is 59.6 Å². The fraction of sp³-hybridized carbons (Fsp3) is 0.700. The average Bonchev–Trinajstić information content (AvgIpc) is 2.45. The summed E-state index contributed by atoms with van der Waals surface area (Å²) < 4.78 is 0. The van der Waals surface area contributed by atoms with E-state index in [-0.39, 0.29) is 5.41 Å². The second-order valence-corrected chi connectivity index (χ2v) is 8.32. The molecule has 21 heavy (non-hydrogen) atoms. The van der Waals surface area contributed by atoms with Crippen LogP contribution in [0.2, 0.25) is 0 Å². The SMILES string of the molecule is CC(C)c1ccc2c(c1)CC[C@H]1C(C)(C)CCC[C@@]21CO. The normalized spacial score (nSPS) is 30.9. The molecule has 1 nitrogen and oxygen atoms in total. The lowest BCUT2D eigenvalue weighted by Gasteiger charge is -2.55. The van der Waals surface area contributed by atoms with E-state index < -0.39 is 0 Å². The molecule has 116 valence electrons. The van der Waals surface area contributed by atoms with Gasteiger partial charge in [-0.3, -0.25) is 0 Å². The average molecular weight is 286 g/mol. The lowest BCUT2D eigenvalue weighted by molar-refractivity contribution is -0.00510. The Bertz CT molecular complexity index is 529. The van der Waals surface area contributed by atoms with E-state index in [1.54, 1.807) is 0 Å². The summed E-state index contributed by atoms with van der Waals surface area (Å²) in [4.78, 5) is 0. The van der Waals surface area contributed by atoms with E-state index >= 15 is 0 Å². The second kappa shape index (κ2) is 5.12. The molecular formula is C20H30O. The molecule has 0 aromatic heterocycles. The van der Waals surface area contributed by atoms with Crippen molar-refractivity contribution >= 4 is 0 Å². The fourth-order valence-corrected chi connectivity index (χ4v) is 5.18. The van der Waals surface area contributed by atoms with Gasteiger partial charge in [0.25, 0.3) is 0 Å². The van der Waals surface area contributed by atoms with Crippen LogP contribution in [0.1, 0.15) is 76.0 Å². The maximum absolute atomic E-state index is 10.3. The first-order valence-corrected chi connectivity index (χ1v) is 8.65. The zero-order valence-electron chi connectivity index (χ0n) is 14.1. The van der Waals surface area contributed by atoms with E-state index in [0.717, 1.165) is 6.42 Å². The number of rotatable bonds is 2. The highest BCUT2D eigenvalue weighted by molar-refractivity contribution is 5.42. The van der Waals surface area contributed by atoms with Crippen LogP contribution in [0.25, 0.3) is 0 Å². The summed E-state index contributed by atoms with van der Waals surface area (Å²) in [5.41, 5.74) is 4.78. The van der Waals surface area contributed by atoms with Gasteiger partial charge in [0.05, 0.1) is 6.61 Å². The monoisotopic (exact) mass is 286 g/mol. The van der Waals surface area contributed by atoms with E-state index in [2.05, 4.69) is 45.9 Å². The zero-order chi connectivity index (χ0) is 15.3. The zero-order valence-corrected chi connectivity index (χ0v) is 14.1. The smallest absolute Gasteiger partial charge is 0.0530 e. The molecule has 3 rings (SSSR count). The van der Waals surface area contributed by atoms with Crippen LogP contribution in [0.5, 0.6) is 0 Å². The minimum absolute atomic E-state index is 0.0187. The molecule has 1 heteroatoms. The standard InChI is InChI=1S/C20H30O/c1-14(2)15-6-8-17-16(12-15)7-9-18-19(3,4)10-5-11-20(17,18)13-21/h6,8,12,14,18,21H,5,7,9-11,13H2,1-4H3/t18-,20+/m0/s1. The number of hydrogen-bond donors (Lipinski definition) is 1.